The van der Waals surface area contributed by atoms with Gasteiger partial charge in [-0.2, -0.15) is 0 Å². The normalized spacial score (nSPS) is 26.7. The number of hydrogen-bond donors (Lipinski definition) is 1. The number of aldehydes is 1. The Morgan fingerprint density at radius 2 is 2.28 bits per heavy atom. The molecule has 18 heavy (non-hydrogen) atoms. The summed E-state index contributed by atoms with van der Waals surface area (Å²) in [6, 6.07) is 0. The molecule has 2 rings (SSSR count). The van der Waals surface area contributed by atoms with Gasteiger partial charge in [-0.25, -0.2) is 4.79 Å². The average Bonchev–Trinajstić information content (AvgIpc) is 3.20. The van der Waals surface area contributed by atoms with Crippen molar-refractivity contribution in [1.82, 2.24) is 5.32 Å². The minimum atomic E-state index is -0.346. The molecule has 1 N–H and O–H groups in total. The van der Waals surface area contributed by atoms with Crippen molar-refractivity contribution in [3.05, 3.63) is 12.2 Å². The molecule has 0 aromatic heterocycles. The lowest BCUT2D eigenvalue weighted by atomic mass is 9.75. The molecule has 1 saturated carbocycles. The first-order valence-corrected chi connectivity index (χ1v) is 6.73. The second-order valence-electron chi connectivity index (χ2n) is 5.49. The number of allylic oxidation sites excluding steroid dienone is 2. The Labute approximate surface area is 108 Å². The first-order chi connectivity index (χ1) is 8.74. The molecule has 0 aromatic rings. The number of amides is 1. The number of carbonyl (C=O) groups is 2. The van der Waals surface area contributed by atoms with Gasteiger partial charge < -0.3 is 14.8 Å². The maximum atomic E-state index is 11.5. The molecule has 2 aliphatic rings. The summed E-state index contributed by atoms with van der Waals surface area (Å²) >= 11 is 0. The smallest absolute Gasteiger partial charge is 0.407 e. The summed E-state index contributed by atoms with van der Waals surface area (Å²) in [6.45, 7) is 1.06. The fourth-order valence-corrected chi connectivity index (χ4v) is 2.31. The molecule has 0 heterocycles. The van der Waals surface area contributed by atoms with E-state index in [1.807, 2.05) is 0 Å². The second kappa shape index (κ2) is 6.03. The summed E-state index contributed by atoms with van der Waals surface area (Å²) in [4.78, 5) is 22.3. The molecule has 1 fully saturated rings. The highest BCUT2D eigenvalue weighted by molar-refractivity contribution is 5.67. The molecule has 0 saturated heterocycles. The Balaban J connectivity index is 1.75. The van der Waals surface area contributed by atoms with Gasteiger partial charge in [0.15, 0.2) is 0 Å². The van der Waals surface area contributed by atoms with Crippen LogP contribution in [0.25, 0.3) is 0 Å². The lowest BCUT2D eigenvalue weighted by Gasteiger charge is -2.32. The summed E-state index contributed by atoms with van der Waals surface area (Å²) in [5, 5.41) is 2.78. The van der Waals surface area contributed by atoms with Gasteiger partial charge in [0.05, 0.1) is 6.61 Å². The molecule has 0 bridgehead atoms. The Morgan fingerprint density at radius 1 is 1.44 bits per heavy atom. The average molecular weight is 251 g/mol. The van der Waals surface area contributed by atoms with Crippen molar-refractivity contribution in [2.45, 2.75) is 38.5 Å². The zero-order valence-electron chi connectivity index (χ0n) is 10.7. The van der Waals surface area contributed by atoms with Crippen LogP contribution in [0.3, 0.4) is 0 Å². The number of rotatable bonds is 6. The Hall–Kier alpha value is -1.32. The predicted octanol–water partition coefficient (Wildman–Crippen LogP) is 2.44. The van der Waals surface area contributed by atoms with Crippen LogP contribution in [0, 0.1) is 11.3 Å². The number of nitrogens with one attached hydrogen (secondary N) is 1. The molecule has 1 atom stereocenters. The topological polar surface area (TPSA) is 55.4 Å². The van der Waals surface area contributed by atoms with Crippen LogP contribution in [-0.2, 0) is 9.53 Å². The summed E-state index contributed by atoms with van der Waals surface area (Å²) in [5.41, 5.74) is -0.173. The van der Waals surface area contributed by atoms with Crippen LogP contribution < -0.4 is 5.32 Å². The van der Waals surface area contributed by atoms with Gasteiger partial charge in [0, 0.05) is 18.4 Å². The minimum absolute atomic E-state index is 0.173. The van der Waals surface area contributed by atoms with Gasteiger partial charge in [-0.3, -0.25) is 0 Å². The Bertz CT molecular complexity index is 336. The molecule has 0 radical (unpaired) electrons. The van der Waals surface area contributed by atoms with Crippen LogP contribution in [0.5, 0.6) is 0 Å². The predicted molar refractivity (Wildman–Crippen MR) is 68.2 cm³/mol. The molecule has 0 aliphatic heterocycles. The first-order valence-electron chi connectivity index (χ1n) is 6.73. The Morgan fingerprint density at radius 3 is 2.89 bits per heavy atom. The molecule has 1 amide bonds. The third kappa shape index (κ3) is 3.86. The third-order valence-corrected chi connectivity index (χ3v) is 3.82. The van der Waals surface area contributed by atoms with Crippen LogP contribution in [0.2, 0.25) is 0 Å². The molecular weight excluding hydrogens is 230 g/mol. The fraction of sp³-hybridized carbons (Fsp3) is 0.714. The van der Waals surface area contributed by atoms with Crippen LogP contribution in [0.15, 0.2) is 12.2 Å². The van der Waals surface area contributed by atoms with Crippen molar-refractivity contribution in [1.29, 1.82) is 0 Å². The van der Waals surface area contributed by atoms with Crippen molar-refractivity contribution in [2.24, 2.45) is 11.3 Å². The van der Waals surface area contributed by atoms with E-state index in [4.69, 9.17) is 4.74 Å². The lowest BCUT2D eigenvalue weighted by Crippen LogP contribution is -2.34. The number of hydrogen-bond acceptors (Lipinski definition) is 3. The third-order valence-electron chi connectivity index (χ3n) is 3.82. The quantitative estimate of drug-likeness (QED) is 0.582. The lowest BCUT2D eigenvalue weighted by molar-refractivity contribution is -0.110. The first kappa shape index (κ1) is 13.1. The van der Waals surface area contributed by atoms with E-state index >= 15 is 0 Å². The van der Waals surface area contributed by atoms with Crippen molar-refractivity contribution in [3.8, 4) is 0 Å². The van der Waals surface area contributed by atoms with Gasteiger partial charge >= 0.3 is 6.09 Å². The van der Waals surface area contributed by atoms with Crippen LogP contribution in [0.1, 0.15) is 38.5 Å². The summed E-state index contributed by atoms with van der Waals surface area (Å²) in [5.74, 6) is 0.652. The van der Waals surface area contributed by atoms with Gasteiger partial charge in [-0.15, -0.1) is 0 Å². The highest BCUT2D eigenvalue weighted by atomic mass is 16.5. The fourth-order valence-electron chi connectivity index (χ4n) is 2.31. The van der Waals surface area contributed by atoms with E-state index in [0.717, 1.165) is 32.1 Å². The van der Waals surface area contributed by atoms with Crippen LogP contribution >= 0.6 is 0 Å². The molecule has 0 spiro atoms. The van der Waals surface area contributed by atoms with E-state index < -0.39 is 0 Å². The van der Waals surface area contributed by atoms with Gasteiger partial charge in [-0.1, -0.05) is 12.2 Å². The number of ether oxygens (including phenoxy) is 1. The zero-order chi connectivity index (χ0) is 12.8. The summed E-state index contributed by atoms with van der Waals surface area (Å²) in [6.07, 6.45) is 10.4. The van der Waals surface area contributed by atoms with E-state index in [1.165, 1.54) is 12.8 Å². The largest absolute Gasteiger partial charge is 0.449 e. The van der Waals surface area contributed by atoms with E-state index in [-0.39, 0.29) is 11.5 Å². The maximum Gasteiger partial charge on any atom is 0.407 e. The van der Waals surface area contributed by atoms with Gasteiger partial charge in [0.25, 0.3) is 0 Å². The minimum Gasteiger partial charge on any atom is -0.449 e. The second-order valence-corrected chi connectivity index (χ2v) is 5.49. The molecule has 4 heteroatoms. The van der Waals surface area contributed by atoms with Crippen molar-refractivity contribution in [2.75, 3.05) is 13.2 Å². The molecule has 4 nitrogen and oxygen atoms in total. The number of carbonyl (C=O) groups excluding carboxylic acids is 2. The molecule has 1 unspecified atom stereocenters. The monoisotopic (exact) mass is 251 g/mol. The SMILES string of the molecule is O=CCC1(COC(=O)NCC2CC2)CC=CCC1. The molecule has 2 aliphatic carbocycles. The van der Waals surface area contributed by atoms with Crippen molar-refractivity contribution >= 4 is 12.4 Å². The molecular formula is C14H21NO3. The summed E-state index contributed by atoms with van der Waals surface area (Å²) in [7, 11) is 0. The van der Waals surface area contributed by atoms with E-state index in [2.05, 4.69) is 17.5 Å². The standard InChI is InChI=1S/C14H21NO3/c16-9-8-14(6-2-1-3-7-14)11-18-13(17)15-10-12-4-5-12/h1-2,9,12H,3-8,10-11H2,(H,15,17). The van der Waals surface area contributed by atoms with Gasteiger partial charge in [0.1, 0.15) is 6.29 Å². The van der Waals surface area contributed by atoms with Crippen molar-refractivity contribution < 1.29 is 14.3 Å². The maximum absolute atomic E-state index is 11.5. The summed E-state index contributed by atoms with van der Waals surface area (Å²) < 4.78 is 5.27. The van der Waals surface area contributed by atoms with E-state index in [0.29, 0.717) is 18.9 Å². The van der Waals surface area contributed by atoms with Crippen LogP contribution in [-0.4, -0.2) is 25.5 Å². The number of alkyl carbamates (subject to hydrolysis) is 1. The van der Waals surface area contributed by atoms with Crippen molar-refractivity contribution in [3.63, 3.8) is 0 Å². The highest BCUT2D eigenvalue weighted by Gasteiger charge is 2.31. The van der Waals surface area contributed by atoms with Crippen LogP contribution in [0.4, 0.5) is 4.79 Å². The van der Waals surface area contributed by atoms with E-state index in [9.17, 15) is 9.59 Å². The molecule has 100 valence electrons. The van der Waals surface area contributed by atoms with Gasteiger partial charge in [-0.05, 0) is 38.0 Å². The zero-order valence-corrected chi connectivity index (χ0v) is 10.7. The Kier molecular flexibility index (Phi) is 4.39. The van der Waals surface area contributed by atoms with Gasteiger partial charge in [0.2, 0.25) is 0 Å². The van der Waals surface area contributed by atoms with E-state index in [1.54, 1.807) is 0 Å². The molecule has 0 aromatic carbocycles. The highest BCUT2D eigenvalue weighted by Crippen LogP contribution is 2.35.